The molecule has 0 aliphatic carbocycles. The van der Waals surface area contributed by atoms with Crippen molar-refractivity contribution in [1.29, 1.82) is 0 Å². The fraction of sp³-hybridized carbons (Fsp3) is 0.240. The van der Waals surface area contributed by atoms with E-state index in [9.17, 15) is 4.79 Å². The van der Waals surface area contributed by atoms with E-state index in [0.29, 0.717) is 11.2 Å². The molecule has 0 spiro atoms. The molecule has 2 aromatic carbocycles. The van der Waals surface area contributed by atoms with Gasteiger partial charge in [-0.1, -0.05) is 42.5 Å². The third kappa shape index (κ3) is 4.26. The van der Waals surface area contributed by atoms with Crippen LogP contribution in [0.2, 0.25) is 0 Å². The summed E-state index contributed by atoms with van der Waals surface area (Å²) in [6.07, 6.45) is 3.29. The number of hydrogen-bond acceptors (Lipinski definition) is 5. The molecule has 1 aliphatic heterocycles. The van der Waals surface area contributed by atoms with Crippen molar-refractivity contribution < 1.29 is 4.79 Å². The minimum Gasteiger partial charge on any atom is -0.322 e. The molecule has 1 fully saturated rings. The fourth-order valence-corrected chi connectivity index (χ4v) is 4.04. The summed E-state index contributed by atoms with van der Waals surface area (Å²) in [5, 5.41) is 7.41. The van der Waals surface area contributed by atoms with E-state index < -0.39 is 0 Å². The van der Waals surface area contributed by atoms with Crippen LogP contribution < -0.4 is 5.32 Å². The summed E-state index contributed by atoms with van der Waals surface area (Å²) in [5.41, 5.74) is 4.90. The number of anilines is 1. The van der Waals surface area contributed by atoms with Gasteiger partial charge in [0.2, 0.25) is 0 Å². The quantitative estimate of drug-likeness (QED) is 0.530. The first-order valence-corrected chi connectivity index (χ1v) is 10.9. The highest BCUT2D eigenvalue weighted by Crippen LogP contribution is 2.21. The normalized spacial score (nSPS) is 15.2. The van der Waals surface area contributed by atoms with E-state index in [1.807, 2.05) is 48.5 Å². The zero-order valence-corrected chi connectivity index (χ0v) is 18.1. The number of nitrogens with one attached hydrogen (secondary N) is 1. The Morgan fingerprint density at radius 3 is 2.47 bits per heavy atom. The van der Waals surface area contributed by atoms with E-state index in [1.54, 1.807) is 16.9 Å². The molecule has 32 heavy (non-hydrogen) atoms. The van der Waals surface area contributed by atoms with E-state index in [1.165, 1.54) is 5.56 Å². The molecule has 0 bridgehead atoms. The molecule has 7 nitrogen and oxygen atoms in total. The number of carbonyl (C=O) groups excluding carboxylic acids is 1. The maximum Gasteiger partial charge on any atom is 0.261 e. The molecular weight excluding hydrogens is 400 g/mol. The number of hydrogen-bond donors (Lipinski definition) is 1. The molecule has 1 saturated heterocycles. The van der Waals surface area contributed by atoms with E-state index in [-0.39, 0.29) is 5.91 Å². The van der Waals surface area contributed by atoms with E-state index in [0.717, 1.165) is 49.7 Å². The van der Waals surface area contributed by atoms with Crippen LogP contribution in [0.15, 0.2) is 73.1 Å². The van der Waals surface area contributed by atoms with Gasteiger partial charge in [0, 0.05) is 50.2 Å². The van der Waals surface area contributed by atoms with Crippen molar-refractivity contribution in [2.75, 3.05) is 38.5 Å². The molecule has 0 atom stereocenters. The molecule has 162 valence electrons. The Labute approximate surface area is 187 Å². The van der Waals surface area contributed by atoms with Gasteiger partial charge < -0.3 is 10.2 Å². The Morgan fingerprint density at radius 2 is 1.72 bits per heavy atom. The van der Waals surface area contributed by atoms with Gasteiger partial charge in [0.15, 0.2) is 5.65 Å². The number of likely N-dealkylation sites (N-methyl/N-ethyl adjacent to an activating group) is 1. The van der Waals surface area contributed by atoms with Gasteiger partial charge in [-0.05, 0) is 30.8 Å². The summed E-state index contributed by atoms with van der Waals surface area (Å²) >= 11 is 0. The average Bonchev–Trinajstić information content (AvgIpc) is 3.27. The number of rotatable bonds is 5. The van der Waals surface area contributed by atoms with Crippen molar-refractivity contribution in [3.63, 3.8) is 0 Å². The van der Waals surface area contributed by atoms with Gasteiger partial charge in [-0.3, -0.25) is 9.69 Å². The second-order valence-corrected chi connectivity index (χ2v) is 8.22. The van der Waals surface area contributed by atoms with Crippen LogP contribution in [0, 0.1) is 0 Å². The molecule has 2 aromatic heterocycles. The summed E-state index contributed by atoms with van der Waals surface area (Å²) in [6.45, 7) is 5.31. The summed E-state index contributed by atoms with van der Waals surface area (Å²) in [4.78, 5) is 22.2. The summed E-state index contributed by atoms with van der Waals surface area (Å²) < 4.78 is 1.71. The predicted octanol–water partition coefficient (Wildman–Crippen LogP) is 3.40. The first-order valence-electron chi connectivity index (χ1n) is 10.9. The molecule has 4 aromatic rings. The molecule has 1 N–H and O–H groups in total. The lowest BCUT2D eigenvalue weighted by Crippen LogP contribution is -2.43. The van der Waals surface area contributed by atoms with Crippen LogP contribution in [0.5, 0.6) is 0 Å². The predicted molar refractivity (Wildman–Crippen MR) is 126 cm³/mol. The summed E-state index contributed by atoms with van der Waals surface area (Å²) in [7, 11) is 2.16. The molecule has 0 radical (unpaired) electrons. The number of benzene rings is 2. The number of piperazine rings is 1. The Morgan fingerprint density at radius 1 is 0.969 bits per heavy atom. The van der Waals surface area contributed by atoms with Crippen molar-refractivity contribution in [1.82, 2.24) is 24.4 Å². The van der Waals surface area contributed by atoms with Gasteiger partial charge in [0.05, 0.1) is 11.9 Å². The van der Waals surface area contributed by atoms with Crippen LogP contribution in [-0.4, -0.2) is 63.5 Å². The van der Waals surface area contributed by atoms with Gasteiger partial charge in [-0.2, -0.15) is 5.10 Å². The highest BCUT2D eigenvalue weighted by molar-refractivity contribution is 6.08. The second kappa shape index (κ2) is 8.90. The number of aromatic nitrogens is 3. The molecule has 0 saturated carbocycles. The maximum atomic E-state index is 13.0. The van der Waals surface area contributed by atoms with Crippen LogP contribution in [0.3, 0.4) is 0 Å². The van der Waals surface area contributed by atoms with Crippen molar-refractivity contribution >= 4 is 17.2 Å². The third-order valence-corrected chi connectivity index (χ3v) is 5.93. The lowest BCUT2D eigenvalue weighted by molar-refractivity contribution is 0.102. The lowest BCUT2D eigenvalue weighted by atomic mass is 10.1. The summed E-state index contributed by atoms with van der Waals surface area (Å²) in [6, 6.07) is 19.9. The Balaban J connectivity index is 1.30. The molecule has 7 heteroatoms. The van der Waals surface area contributed by atoms with Crippen molar-refractivity contribution in [2.45, 2.75) is 6.54 Å². The first-order chi connectivity index (χ1) is 15.7. The van der Waals surface area contributed by atoms with Gasteiger partial charge >= 0.3 is 0 Å². The third-order valence-electron chi connectivity index (χ3n) is 5.93. The lowest BCUT2D eigenvalue weighted by Gasteiger charge is -2.32. The largest absolute Gasteiger partial charge is 0.322 e. The first kappa shape index (κ1) is 20.4. The van der Waals surface area contributed by atoms with Crippen molar-refractivity contribution in [2.24, 2.45) is 0 Å². The smallest absolute Gasteiger partial charge is 0.261 e. The molecule has 5 rings (SSSR count). The monoisotopic (exact) mass is 426 g/mol. The minimum absolute atomic E-state index is 0.218. The molecule has 3 heterocycles. The summed E-state index contributed by atoms with van der Waals surface area (Å²) in [5.74, 6) is -0.218. The van der Waals surface area contributed by atoms with Gasteiger partial charge in [0.25, 0.3) is 5.91 Å². The molecule has 1 amide bonds. The van der Waals surface area contributed by atoms with Crippen molar-refractivity contribution in [3.8, 4) is 11.3 Å². The van der Waals surface area contributed by atoms with Crippen LogP contribution in [0.1, 0.15) is 15.9 Å². The zero-order chi connectivity index (χ0) is 21.9. The van der Waals surface area contributed by atoms with Gasteiger partial charge in [-0.15, -0.1) is 0 Å². The van der Waals surface area contributed by atoms with Crippen LogP contribution in [0.25, 0.3) is 16.9 Å². The number of carbonyl (C=O) groups is 1. The second-order valence-electron chi connectivity index (χ2n) is 8.22. The Bertz CT molecular complexity index is 1210. The zero-order valence-electron chi connectivity index (χ0n) is 18.1. The van der Waals surface area contributed by atoms with Gasteiger partial charge in [0.1, 0.15) is 5.56 Å². The van der Waals surface area contributed by atoms with Gasteiger partial charge in [-0.25, -0.2) is 9.50 Å². The topological polar surface area (TPSA) is 65.8 Å². The highest BCUT2D eigenvalue weighted by atomic mass is 16.1. The SMILES string of the molecule is CN1CCN(Cc2ccc(NC(=O)c3cnn4c(-c5ccccc5)ccnc34)cc2)CC1. The van der Waals surface area contributed by atoms with E-state index in [4.69, 9.17) is 0 Å². The maximum absolute atomic E-state index is 13.0. The molecule has 0 unspecified atom stereocenters. The van der Waals surface area contributed by atoms with Crippen LogP contribution in [0.4, 0.5) is 5.69 Å². The van der Waals surface area contributed by atoms with E-state index in [2.05, 4.69) is 44.4 Å². The minimum atomic E-state index is -0.218. The van der Waals surface area contributed by atoms with Crippen LogP contribution in [-0.2, 0) is 6.54 Å². The highest BCUT2D eigenvalue weighted by Gasteiger charge is 2.17. The Kier molecular flexibility index (Phi) is 5.66. The number of amides is 1. The standard InChI is InChI=1S/C25H26N6O/c1-29-13-15-30(16-14-29)18-19-7-9-21(10-8-19)28-25(32)22-17-27-31-23(11-12-26-24(22)31)20-5-3-2-4-6-20/h2-12,17H,13-16,18H2,1H3,(H,28,32). The Hall–Kier alpha value is -3.55. The molecular formula is C25H26N6O. The fourth-order valence-electron chi connectivity index (χ4n) is 4.04. The van der Waals surface area contributed by atoms with Crippen LogP contribution >= 0.6 is 0 Å². The number of nitrogens with zero attached hydrogens (tertiary/aromatic N) is 5. The van der Waals surface area contributed by atoms with Crippen molar-refractivity contribution in [3.05, 3.63) is 84.2 Å². The average molecular weight is 427 g/mol. The number of fused-ring (bicyclic) bond motifs is 1. The van der Waals surface area contributed by atoms with E-state index >= 15 is 0 Å². The molecule has 1 aliphatic rings.